The van der Waals surface area contributed by atoms with Crippen molar-refractivity contribution in [1.29, 1.82) is 0 Å². The molecule has 0 saturated heterocycles. The highest BCUT2D eigenvalue weighted by Crippen LogP contribution is 2.28. The van der Waals surface area contributed by atoms with Gasteiger partial charge in [0.25, 0.3) is 0 Å². The number of aliphatic carboxylic acids is 1. The van der Waals surface area contributed by atoms with Crippen LogP contribution in [0.3, 0.4) is 0 Å². The molecule has 0 radical (unpaired) electrons. The average Bonchev–Trinajstić information content (AvgIpc) is 2.04. The van der Waals surface area contributed by atoms with Crippen LogP contribution in [-0.2, 0) is 4.79 Å². The molecule has 0 fully saturated rings. The van der Waals surface area contributed by atoms with Crippen LogP contribution in [-0.4, -0.2) is 11.1 Å². The molecule has 12 heavy (non-hydrogen) atoms. The van der Waals surface area contributed by atoms with Crippen molar-refractivity contribution in [3.8, 4) is 0 Å². The number of carboxylic acids is 1. The Balaban J connectivity index is 4.57. The van der Waals surface area contributed by atoms with Crippen molar-refractivity contribution in [3.05, 3.63) is 11.6 Å². The largest absolute Gasteiger partial charge is 0.478 e. The molecular weight excluding hydrogens is 152 g/mol. The third-order valence-corrected chi connectivity index (χ3v) is 2.52. The first-order valence-electron chi connectivity index (χ1n) is 4.38. The Hall–Kier alpha value is -0.790. The molecule has 2 nitrogen and oxygen atoms in total. The van der Waals surface area contributed by atoms with Gasteiger partial charge in [-0.15, -0.1) is 0 Å². The number of carboxylic acid groups (broad SMARTS) is 1. The van der Waals surface area contributed by atoms with E-state index in [1.54, 1.807) is 6.92 Å². The van der Waals surface area contributed by atoms with Crippen LogP contribution in [0.4, 0.5) is 0 Å². The number of rotatable bonds is 4. The highest BCUT2D eigenvalue weighted by Gasteiger charge is 2.17. The topological polar surface area (TPSA) is 37.3 Å². The molecule has 0 saturated carbocycles. The van der Waals surface area contributed by atoms with Gasteiger partial charge >= 0.3 is 5.97 Å². The molecular formula is C10H18O2. The summed E-state index contributed by atoms with van der Waals surface area (Å²) in [5.41, 5.74) is 0.490. The molecule has 0 rings (SSSR count). The van der Waals surface area contributed by atoms with E-state index >= 15 is 0 Å². The summed E-state index contributed by atoms with van der Waals surface area (Å²) in [5, 5.41) is 8.67. The highest BCUT2D eigenvalue weighted by atomic mass is 16.4. The molecule has 0 aromatic heterocycles. The summed E-state index contributed by atoms with van der Waals surface area (Å²) in [5.74, 6) is -0.817. The van der Waals surface area contributed by atoms with E-state index in [1.807, 2.05) is 6.08 Å². The van der Waals surface area contributed by atoms with Gasteiger partial charge in [0.2, 0.25) is 0 Å². The molecule has 1 N–H and O–H groups in total. The van der Waals surface area contributed by atoms with Gasteiger partial charge in [-0.2, -0.15) is 0 Å². The van der Waals surface area contributed by atoms with E-state index in [9.17, 15) is 4.79 Å². The molecule has 0 bridgehead atoms. The van der Waals surface area contributed by atoms with Crippen LogP contribution in [0.2, 0.25) is 0 Å². The fraction of sp³-hybridized carbons (Fsp3) is 0.700. The Morgan fingerprint density at radius 2 is 1.83 bits per heavy atom. The SMILES string of the molecule is CCC(C)(/C=C(\C)C(=O)O)CC. The molecule has 0 unspecified atom stereocenters. The van der Waals surface area contributed by atoms with E-state index in [2.05, 4.69) is 20.8 Å². The van der Waals surface area contributed by atoms with E-state index in [4.69, 9.17) is 5.11 Å². The summed E-state index contributed by atoms with van der Waals surface area (Å²) in [7, 11) is 0. The maximum atomic E-state index is 10.5. The molecule has 0 aromatic rings. The minimum atomic E-state index is -0.817. The fourth-order valence-electron chi connectivity index (χ4n) is 1.04. The Kier molecular flexibility index (Phi) is 4.01. The van der Waals surface area contributed by atoms with E-state index < -0.39 is 5.97 Å². The van der Waals surface area contributed by atoms with Crippen molar-refractivity contribution in [1.82, 2.24) is 0 Å². The van der Waals surface area contributed by atoms with E-state index in [1.165, 1.54) is 0 Å². The van der Waals surface area contributed by atoms with E-state index in [0.717, 1.165) is 12.8 Å². The molecule has 0 aliphatic heterocycles. The van der Waals surface area contributed by atoms with Gasteiger partial charge in [-0.05, 0) is 25.2 Å². The molecule has 0 aliphatic carbocycles. The highest BCUT2D eigenvalue weighted by molar-refractivity contribution is 5.85. The third-order valence-electron chi connectivity index (χ3n) is 2.52. The smallest absolute Gasteiger partial charge is 0.330 e. The fourth-order valence-corrected chi connectivity index (χ4v) is 1.04. The third kappa shape index (κ3) is 3.07. The summed E-state index contributed by atoms with van der Waals surface area (Å²) in [4.78, 5) is 10.5. The van der Waals surface area contributed by atoms with Gasteiger partial charge in [-0.25, -0.2) is 4.79 Å². The molecule has 0 aliphatic rings. The van der Waals surface area contributed by atoms with Gasteiger partial charge in [0.15, 0.2) is 0 Å². The van der Waals surface area contributed by atoms with Crippen LogP contribution in [0, 0.1) is 5.41 Å². The summed E-state index contributed by atoms with van der Waals surface area (Å²) >= 11 is 0. The number of allylic oxidation sites excluding steroid dienone is 1. The van der Waals surface area contributed by atoms with Crippen molar-refractivity contribution in [2.24, 2.45) is 5.41 Å². The molecule has 0 heterocycles. The van der Waals surface area contributed by atoms with Crippen molar-refractivity contribution < 1.29 is 9.90 Å². The quantitative estimate of drug-likeness (QED) is 0.659. The maximum absolute atomic E-state index is 10.5. The van der Waals surface area contributed by atoms with E-state index in [-0.39, 0.29) is 5.41 Å². The van der Waals surface area contributed by atoms with Gasteiger partial charge < -0.3 is 5.11 Å². The zero-order chi connectivity index (χ0) is 9.78. The van der Waals surface area contributed by atoms with Crippen molar-refractivity contribution >= 4 is 5.97 Å². The minimum Gasteiger partial charge on any atom is -0.478 e. The lowest BCUT2D eigenvalue weighted by molar-refractivity contribution is -0.132. The van der Waals surface area contributed by atoms with Crippen molar-refractivity contribution in [2.45, 2.75) is 40.5 Å². The number of hydrogen-bond acceptors (Lipinski definition) is 1. The molecule has 0 aromatic carbocycles. The number of hydrogen-bond donors (Lipinski definition) is 1. The predicted octanol–water partition coefficient (Wildman–Crippen LogP) is 2.84. The average molecular weight is 170 g/mol. The molecule has 2 heteroatoms. The summed E-state index contributed by atoms with van der Waals surface area (Å²) in [6.07, 6.45) is 3.82. The van der Waals surface area contributed by atoms with Gasteiger partial charge in [0.05, 0.1) is 0 Å². The normalized spacial score (nSPS) is 13.2. The van der Waals surface area contributed by atoms with E-state index in [0.29, 0.717) is 5.57 Å². The lowest BCUT2D eigenvalue weighted by atomic mass is 9.83. The Morgan fingerprint density at radius 3 is 2.08 bits per heavy atom. The lowest BCUT2D eigenvalue weighted by Gasteiger charge is -2.22. The number of carbonyl (C=O) groups is 1. The molecule has 0 amide bonds. The predicted molar refractivity (Wildman–Crippen MR) is 50.1 cm³/mol. The molecule has 70 valence electrons. The van der Waals surface area contributed by atoms with Gasteiger partial charge in [-0.1, -0.05) is 26.8 Å². The first kappa shape index (κ1) is 11.2. The second kappa shape index (κ2) is 4.29. The second-order valence-electron chi connectivity index (χ2n) is 3.49. The van der Waals surface area contributed by atoms with Crippen molar-refractivity contribution in [3.63, 3.8) is 0 Å². The van der Waals surface area contributed by atoms with Crippen molar-refractivity contribution in [2.75, 3.05) is 0 Å². The van der Waals surface area contributed by atoms with Crippen LogP contribution in [0.25, 0.3) is 0 Å². The second-order valence-corrected chi connectivity index (χ2v) is 3.49. The van der Waals surface area contributed by atoms with Crippen LogP contribution in [0.5, 0.6) is 0 Å². The van der Waals surface area contributed by atoms with Gasteiger partial charge in [0, 0.05) is 5.57 Å². The van der Waals surface area contributed by atoms with Gasteiger partial charge in [-0.3, -0.25) is 0 Å². The zero-order valence-electron chi connectivity index (χ0n) is 8.35. The molecule has 0 atom stereocenters. The van der Waals surface area contributed by atoms with Crippen LogP contribution < -0.4 is 0 Å². The monoisotopic (exact) mass is 170 g/mol. The van der Waals surface area contributed by atoms with Gasteiger partial charge in [0.1, 0.15) is 0 Å². The van der Waals surface area contributed by atoms with Crippen LogP contribution in [0.1, 0.15) is 40.5 Å². The first-order valence-corrected chi connectivity index (χ1v) is 4.38. The summed E-state index contributed by atoms with van der Waals surface area (Å²) < 4.78 is 0. The Morgan fingerprint density at radius 1 is 1.42 bits per heavy atom. The standard InChI is InChI=1S/C10H18O2/c1-5-10(4,6-2)7-8(3)9(11)12/h7H,5-6H2,1-4H3,(H,11,12)/b8-7+. The molecule has 0 spiro atoms. The summed E-state index contributed by atoms with van der Waals surface area (Å²) in [6, 6.07) is 0. The van der Waals surface area contributed by atoms with Crippen LogP contribution >= 0.6 is 0 Å². The summed E-state index contributed by atoms with van der Waals surface area (Å²) in [6.45, 7) is 7.88. The first-order chi connectivity index (χ1) is 5.45. The Bertz CT molecular complexity index is 188. The minimum absolute atomic E-state index is 0.0441. The lowest BCUT2D eigenvalue weighted by Crippen LogP contribution is -2.12. The van der Waals surface area contributed by atoms with Crippen LogP contribution in [0.15, 0.2) is 11.6 Å². The maximum Gasteiger partial charge on any atom is 0.330 e. The Labute approximate surface area is 74.3 Å². The zero-order valence-corrected chi connectivity index (χ0v) is 8.35.